The SMILES string of the molecule is COc1cccc(CN(C(=O)CN(c2ccccc2C)S(C)(=O)=O)C(C)C(=O)NCC(C)C)c1. The molecule has 2 rings (SSSR count). The standard InChI is InChI=1S/C25H35N3O5S/c1-18(2)15-26-25(30)20(4)27(16-21-11-9-12-22(14-21)33-5)24(29)17-28(34(6,31)32)23-13-8-7-10-19(23)3/h7-14,18,20H,15-17H2,1-6H3,(H,26,30). The number of methoxy groups -OCH3 is 1. The Labute approximate surface area is 202 Å². The first-order valence-electron chi connectivity index (χ1n) is 11.2. The predicted molar refractivity (Wildman–Crippen MR) is 134 cm³/mol. The third-order valence-electron chi connectivity index (χ3n) is 5.40. The fourth-order valence-electron chi connectivity index (χ4n) is 3.44. The quantitative estimate of drug-likeness (QED) is 0.524. The summed E-state index contributed by atoms with van der Waals surface area (Å²) >= 11 is 0. The van der Waals surface area contributed by atoms with Gasteiger partial charge in [-0.15, -0.1) is 0 Å². The third kappa shape index (κ3) is 7.48. The molecule has 2 amide bonds. The normalized spacial score (nSPS) is 12.2. The number of aryl methyl sites for hydroxylation is 1. The molecule has 34 heavy (non-hydrogen) atoms. The lowest BCUT2D eigenvalue weighted by Gasteiger charge is -2.32. The first-order chi connectivity index (χ1) is 15.9. The number of hydrogen-bond acceptors (Lipinski definition) is 5. The lowest BCUT2D eigenvalue weighted by molar-refractivity contribution is -0.139. The maximum atomic E-state index is 13.5. The van der Waals surface area contributed by atoms with E-state index in [1.54, 1.807) is 63.4 Å². The van der Waals surface area contributed by atoms with Crippen LogP contribution >= 0.6 is 0 Å². The zero-order valence-electron chi connectivity index (χ0n) is 20.7. The van der Waals surface area contributed by atoms with Crippen molar-refractivity contribution in [2.45, 2.75) is 40.3 Å². The topological polar surface area (TPSA) is 96.0 Å². The van der Waals surface area contributed by atoms with Crippen LogP contribution in [0.5, 0.6) is 5.75 Å². The average Bonchev–Trinajstić information content (AvgIpc) is 2.78. The molecule has 0 saturated heterocycles. The molecule has 2 aromatic rings. The van der Waals surface area contributed by atoms with Gasteiger partial charge in [-0.25, -0.2) is 8.42 Å². The number of benzene rings is 2. The number of carbonyl (C=O) groups is 2. The van der Waals surface area contributed by atoms with Crippen molar-refractivity contribution in [3.63, 3.8) is 0 Å². The summed E-state index contributed by atoms with van der Waals surface area (Å²) < 4.78 is 31.6. The molecule has 0 aliphatic rings. The van der Waals surface area contributed by atoms with Crippen LogP contribution in [0, 0.1) is 12.8 Å². The molecule has 0 spiro atoms. The lowest BCUT2D eigenvalue weighted by Crippen LogP contribution is -2.51. The summed E-state index contributed by atoms with van der Waals surface area (Å²) in [4.78, 5) is 27.8. The minimum Gasteiger partial charge on any atom is -0.497 e. The maximum Gasteiger partial charge on any atom is 0.244 e. The van der Waals surface area contributed by atoms with Crippen LogP contribution in [0.2, 0.25) is 0 Å². The zero-order valence-corrected chi connectivity index (χ0v) is 21.6. The van der Waals surface area contributed by atoms with Crippen molar-refractivity contribution in [1.82, 2.24) is 10.2 Å². The largest absolute Gasteiger partial charge is 0.497 e. The van der Waals surface area contributed by atoms with Crippen molar-refractivity contribution in [3.8, 4) is 5.75 Å². The molecule has 8 nitrogen and oxygen atoms in total. The van der Waals surface area contributed by atoms with E-state index in [0.717, 1.165) is 21.7 Å². The van der Waals surface area contributed by atoms with Crippen LogP contribution in [0.15, 0.2) is 48.5 Å². The molecule has 0 radical (unpaired) electrons. The van der Waals surface area contributed by atoms with Gasteiger partial charge in [0.15, 0.2) is 0 Å². The second-order valence-corrected chi connectivity index (χ2v) is 10.7. The van der Waals surface area contributed by atoms with Crippen LogP contribution in [-0.4, -0.2) is 57.6 Å². The summed E-state index contributed by atoms with van der Waals surface area (Å²) in [5, 5.41) is 2.86. The van der Waals surface area contributed by atoms with Gasteiger partial charge in [0.2, 0.25) is 21.8 Å². The number of sulfonamides is 1. The van der Waals surface area contributed by atoms with Gasteiger partial charge in [-0.3, -0.25) is 13.9 Å². The summed E-state index contributed by atoms with van der Waals surface area (Å²) in [6.07, 6.45) is 1.07. The van der Waals surface area contributed by atoms with Gasteiger partial charge < -0.3 is 15.0 Å². The molecular formula is C25H35N3O5S. The molecule has 0 heterocycles. The molecule has 1 unspecified atom stereocenters. The van der Waals surface area contributed by atoms with E-state index in [1.165, 1.54) is 4.90 Å². The average molecular weight is 490 g/mol. The van der Waals surface area contributed by atoms with E-state index in [9.17, 15) is 18.0 Å². The van der Waals surface area contributed by atoms with Crippen LogP contribution in [0.3, 0.4) is 0 Å². The smallest absolute Gasteiger partial charge is 0.244 e. The number of para-hydroxylation sites is 1. The first-order valence-corrected chi connectivity index (χ1v) is 13.0. The number of ether oxygens (including phenoxy) is 1. The number of carbonyl (C=O) groups excluding carboxylic acids is 2. The molecule has 1 N–H and O–H groups in total. The van der Waals surface area contributed by atoms with E-state index >= 15 is 0 Å². The van der Waals surface area contributed by atoms with Crippen molar-refractivity contribution in [3.05, 3.63) is 59.7 Å². The van der Waals surface area contributed by atoms with Crippen LogP contribution in [0.4, 0.5) is 5.69 Å². The van der Waals surface area contributed by atoms with Gasteiger partial charge in [0, 0.05) is 13.1 Å². The van der Waals surface area contributed by atoms with Crippen LogP contribution in [-0.2, 0) is 26.2 Å². The van der Waals surface area contributed by atoms with Gasteiger partial charge in [-0.1, -0.05) is 44.2 Å². The second kappa shape index (κ2) is 11.9. The number of nitrogens with one attached hydrogen (secondary N) is 1. The molecule has 0 saturated carbocycles. The molecule has 0 aliphatic carbocycles. The maximum absolute atomic E-state index is 13.5. The third-order valence-corrected chi connectivity index (χ3v) is 6.53. The Morgan fingerprint density at radius 2 is 1.74 bits per heavy atom. The van der Waals surface area contributed by atoms with E-state index in [2.05, 4.69) is 5.32 Å². The Kier molecular flexibility index (Phi) is 9.49. The molecule has 0 aliphatic heterocycles. The Morgan fingerprint density at radius 1 is 1.06 bits per heavy atom. The molecule has 0 fully saturated rings. The number of anilines is 1. The van der Waals surface area contributed by atoms with Crippen LogP contribution in [0.1, 0.15) is 31.9 Å². The van der Waals surface area contributed by atoms with Gasteiger partial charge in [0.25, 0.3) is 0 Å². The van der Waals surface area contributed by atoms with E-state index in [4.69, 9.17) is 4.74 Å². The highest BCUT2D eigenvalue weighted by Gasteiger charge is 2.30. The highest BCUT2D eigenvalue weighted by atomic mass is 32.2. The monoisotopic (exact) mass is 489 g/mol. The number of hydrogen-bond donors (Lipinski definition) is 1. The Balaban J connectivity index is 2.39. The number of amides is 2. The summed E-state index contributed by atoms with van der Waals surface area (Å²) in [5.74, 6) is 0.0930. The van der Waals surface area contributed by atoms with Gasteiger partial charge >= 0.3 is 0 Å². The number of nitrogens with zero attached hydrogens (tertiary/aromatic N) is 2. The minimum absolute atomic E-state index is 0.123. The van der Waals surface area contributed by atoms with Gasteiger partial charge in [-0.05, 0) is 49.1 Å². The van der Waals surface area contributed by atoms with Crippen LogP contribution < -0.4 is 14.4 Å². The molecule has 2 aromatic carbocycles. The molecule has 0 aromatic heterocycles. The zero-order chi connectivity index (χ0) is 25.5. The van der Waals surface area contributed by atoms with Crippen molar-refractivity contribution in [2.75, 3.05) is 30.8 Å². The molecule has 1 atom stereocenters. The summed E-state index contributed by atoms with van der Waals surface area (Å²) in [6.45, 7) is 7.57. The molecular weight excluding hydrogens is 454 g/mol. The fourth-order valence-corrected chi connectivity index (χ4v) is 4.35. The minimum atomic E-state index is -3.75. The highest BCUT2D eigenvalue weighted by Crippen LogP contribution is 2.23. The fraction of sp³-hybridized carbons (Fsp3) is 0.440. The highest BCUT2D eigenvalue weighted by molar-refractivity contribution is 7.92. The Morgan fingerprint density at radius 3 is 2.32 bits per heavy atom. The van der Waals surface area contributed by atoms with E-state index < -0.39 is 28.5 Å². The van der Waals surface area contributed by atoms with Gasteiger partial charge in [0.05, 0.1) is 19.1 Å². The molecule has 0 bridgehead atoms. The van der Waals surface area contributed by atoms with E-state index in [1.807, 2.05) is 19.9 Å². The van der Waals surface area contributed by atoms with Crippen LogP contribution in [0.25, 0.3) is 0 Å². The van der Waals surface area contributed by atoms with E-state index in [0.29, 0.717) is 18.0 Å². The second-order valence-electron chi connectivity index (χ2n) is 8.74. The molecule has 186 valence electrons. The van der Waals surface area contributed by atoms with Crippen molar-refractivity contribution in [2.24, 2.45) is 5.92 Å². The Bertz CT molecular complexity index is 1100. The van der Waals surface area contributed by atoms with Gasteiger partial charge in [0.1, 0.15) is 18.3 Å². The van der Waals surface area contributed by atoms with Gasteiger partial charge in [-0.2, -0.15) is 0 Å². The van der Waals surface area contributed by atoms with Crippen molar-refractivity contribution < 1.29 is 22.7 Å². The summed E-state index contributed by atoms with van der Waals surface area (Å²) in [6, 6.07) is 13.4. The predicted octanol–water partition coefficient (Wildman–Crippen LogP) is 2.96. The van der Waals surface area contributed by atoms with Crippen molar-refractivity contribution >= 4 is 27.5 Å². The Hall–Kier alpha value is -3.07. The van der Waals surface area contributed by atoms with E-state index in [-0.39, 0.29) is 18.4 Å². The van der Waals surface area contributed by atoms with Crippen molar-refractivity contribution in [1.29, 1.82) is 0 Å². The molecule has 9 heteroatoms. The number of rotatable bonds is 11. The lowest BCUT2D eigenvalue weighted by atomic mass is 10.1. The first kappa shape index (κ1) is 27.2. The summed E-state index contributed by atoms with van der Waals surface area (Å²) in [5.41, 5.74) is 1.91. The summed E-state index contributed by atoms with van der Waals surface area (Å²) in [7, 11) is -2.20.